The highest BCUT2D eigenvalue weighted by molar-refractivity contribution is 7.99. The number of rotatable bonds is 7. The van der Waals surface area contributed by atoms with E-state index in [2.05, 4.69) is 21.6 Å². The molecule has 0 bridgehead atoms. The minimum Gasteiger partial charge on any atom is -0.497 e. The fourth-order valence-corrected chi connectivity index (χ4v) is 4.05. The summed E-state index contributed by atoms with van der Waals surface area (Å²) >= 11 is 1.31. The van der Waals surface area contributed by atoms with E-state index in [1.807, 2.05) is 29.5 Å². The predicted octanol–water partition coefficient (Wildman–Crippen LogP) is 3.95. The molecule has 160 valence electrons. The van der Waals surface area contributed by atoms with Gasteiger partial charge in [-0.05, 0) is 36.1 Å². The van der Waals surface area contributed by atoms with Gasteiger partial charge in [0.25, 0.3) is 0 Å². The summed E-state index contributed by atoms with van der Waals surface area (Å²) in [7, 11) is 4.76. The van der Waals surface area contributed by atoms with Crippen LogP contribution >= 0.6 is 11.8 Å². The maximum Gasteiger partial charge on any atom is 0.234 e. The Labute approximate surface area is 183 Å². The molecule has 0 unspecified atom stereocenters. The van der Waals surface area contributed by atoms with E-state index in [1.165, 1.54) is 11.8 Å². The maximum atomic E-state index is 12.6. The lowest BCUT2D eigenvalue weighted by Crippen LogP contribution is -2.14. The van der Waals surface area contributed by atoms with Crippen molar-refractivity contribution in [1.29, 1.82) is 0 Å². The molecule has 9 heteroatoms. The molecular formula is C22H22N4O4S. The van der Waals surface area contributed by atoms with Crippen molar-refractivity contribution in [3.8, 4) is 17.2 Å². The molecule has 4 rings (SSSR count). The van der Waals surface area contributed by atoms with Crippen molar-refractivity contribution in [3.05, 3.63) is 48.0 Å². The topological polar surface area (TPSA) is 87.0 Å². The Kier molecular flexibility index (Phi) is 5.85. The van der Waals surface area contributed by atoms with Gasteiger partial charge < -0.3 is 19.5 Å². The molecule has 4 aromatic rings. The van der Waals surface area contributed by atoms with Crippen molar-refractivity contribution in [2.24, 2.45) is 0 Å². The first-order valence-corrected chi connectivity index (χ1v) is 10.5. The lowest BCUT2D eigenvalue weighted by atomic mass is 10.1. The number of hydrogen-bond acceptors (Lipinski definition) is 7. The molecule has 1 N–H and O–H groups in total. The summed E-state index contributed by atoms with van der Waals surface area (Å²) in [6.45, 7) is 1.99. The van der Waals surface area contributed by atoms with Crippen molar-refractivity contribution < 1.29 is 19.0 Å². The van der Waals surface area contributed by atoms with Crippen LogP contribution in [0.4, 0.5) is 5.69 Å². The molecule has 0 saturated heterocycles. The normalized spacial score (nSPS) is 11.0. The predicted molar refractivity (Wildman–Crippen MR) is 121 cm³/mol. The quantitative estimate of drug-likeness (QED) is 0.437. The second-order valence-corrected chi connectivity index (χ2v) is 7.77. The number of nitrogens with zero attached hydrogens (tertiary/aromatic N) is 3. The number of anilines is 1. The van der Waals surface area contributed by atoms with Crippen LogP contribution in [-0.2, 0) is 4.79 Å². The first kappa shape index (κ1) is 20.8. The van der Waals surface area contributed by atoms with E-state index in [0.717, 1.165) is 27.9 Å². The van der Waals surface area contributed by atoms with Crippen LogP contribution in [0.1, 0.15) is 5.56 Å². The Morgan fingerprint density at radius 1 is 0.968 bits per heavy atom. The van der Waals surface area contributed by atoms with Gasteiger partial charge in [-0.1, -0.05) is 11.8 Å². The van der Waals surface area contributed by atoms with E-state index in [-0.39, 0.29) is 11.7 Å². The number of hydrogen-bond donors (Lipinski definition) is 1. The van der Waals surface area contributed by atoms with E-state index in [0.29, 0.717) is 22.3 Å². The largest absolute Gasteiger partial charge is 0.497 e. The fourth-order valence-electron chi connectivity index (χ4n) is 3.31. The van der Waals surface area contributed by atoms with Gasteiger partial charge in [0.1, 0.15) is 17.2 Å². The van der Waals surface area contributed by atoms with Crippen molar-refractivity contribution in [1.82, 2.24) is 14.6 Å². The van der Waals surface area contributed by atoms with Gasteiger partial charge in [-0.3, -0.25) is 9.20 Å². The molecule has 0 fully saturated rings. The average molecular weight is 439 g/mol. The minimum atomic E-state index is -0.174. The number of nitrogens with one attached hydrogen (secondary N) is 1. The van der Waals surface area contributed by atoms with Gasteiger partial charge in [0.15, 0.2) is 10.8 Å². The van der Waals surface area contributed by atoms with Gasteiger partial charge in [-0.25, -0.2) is 0 Å². The number of fused-ring (bicyclic) bond motifs is 3. The number of ether oxygens (including phenoxy) is 3. The Hall–Kier alpha value is -3.46. The summed E-state index contributed by atoms with van der Waals surface area (Å²) < 4.78 is 17.8. The number of carbonyl (C=O) groups is 1. The molecule has 0 atom stereocenters. The first-order valence-electron chi connectivity index (χ1n) is 9.50. The summed E-state index contributed by atoms with van der Waals surface area (Å²) in [5.41, 5.74) is 3.27. The summed E-state index contributed by atoms with van der Waals surface area (Å²) in [4.78, 5) is 12.6. The highest BCUT2D eigenvalue weighted by Gasteiger charge is 2.15. The summed E-state index contributed by atoms with van der Waals surface area (Å²) in [6.07, 6.45) is 0. The number of aromatic nitrogens is 3. The number of benzene rings is 2. The summed E-state index contributed by atoms with van der Waals surface area (Å²) in [5.74, 6) is 1.93. The molecule has 1 amide bonds. The third kappa shape index (κ3) is 4.22. The lowest BCUT2D eigenvalue weighted by molar-refractivity contribution is -0.113. The van der Waals surface area contributed by atoms with Crippen LogP contribution in [-0.4, -0.2) is 47.6 Å². The minimum absolute atomic E-state index is 0.166. The highest BCUT2D eigenvalue weighted by Crippen LogP contribution is 2.29. The highest BCUT2D eigenvalue weighted by atomic mass is 32.2. The van der Waals surface area contributed by atoms with Crippen molar-refractivity contribution in [2.45, 2.75) is 12.1 Å². The van der Waals surface area contributed by atoms with E-state index in [4.69, 9.17) is 14.2 Å². The summed E-state index contributed by atoms with van der Waals surface area (Å²) in [5, 5.41) is 13.2. The third-order valence-electron chi connectivity index (χ3n) is 4.80. The Balaban J connectivity index is 1.59. The number of aryl methyl sites for hydroxylation is 1. The zero-order valence-corrected chi connectivity index (χ0v) is 18.4. The van der Waals surface area contributed by atoms with Gasteiger partial charge in [0, 0.05) is 30.0 Å². The van der Waals surface area contributed by atoms with Gasteiger partial charge in [-0.15, -0.1) is 10.2 Å². The maximum absolute atomic E-state index is 12.6. The summed E-state index contributed by atoms with van der Waals surface area (Å²) in [6, 6.07) is 13.1. The fraction of sp³-hybridized carbons (Fsp3) is 0.227. The number of methoxy groups -OCH3 is 3. The molecule has 2 aromatic carbocycles. The average Bonchev–Trinajstić information content (AvgIpc) is 3.22. The molecule has 0 radical (unpaired) electrons. The van der Waals surface area contributed by atoms with Crippen molar-refractivity contribution in [3.63, 3.8) is 0 Å². The van der Waals surface area contributed by atoms with Crippen LogP contribution in [0.25, 0.3) is 16.6 Å². The molecule has 0 aliphatic heterocycles. The molecule has 0 aliphatic carbocycles. The van der Waals surface area contributed by atoms with Gasteiger partial charge in [0.2, 0.25) is 5.91 Å². The Morgan fingerprint density at radius 3 is 2.35 bits per heavy atom. The molecular weight excluding hydrogens is 416 g/mol. The van der Waals surface area contributed by atoms with E-state index in [9.17, 15) is 4.79 Å². The zero-order valence-electron chi connectivity index (χ0n) is 17.6. The molecule has 0 aliphatic rings. The van der Waals surface area contributed by atoms with E-state index in [1.54, 1.807) is 39.5 Å². The van der Waals surface area contributed by atoms with E-state index < -0.39 is 0 Å². The van der Waals surface area contributed by atoms with Crippen LogP contribution in [0.3, 0.4) is 0 Å². The lowest BCUT2D eigenvalue weighted by Gasteiger charge is -2.10. The van der Waals surface area contributed by atoms with Gasteiger partial charge >= 0.3 is 0 Å². The molecule has 0 spiro atoms. The third-order valence-corrected chi connectivity index (χ3v) is 5.73. The zero-order chi connectivity index (χ0) is 22.0. The monoisotopic (exact) mass is 438 g/mol. The second kappa shape index (κ2) is 8.73. The number of amides is 1. The first-order chi connectivity index (χ1) is 15.0. The van der Waals surface area contributed by atoms with Crippen molar-refractivity contribution >= 4 is 39.9 Å². The Morgan fingerprint density at radius 2 is 1.68 bits per heavy atom. The Bertz CT molecular complexity index is 1250. The molecule has 2 heterocycles. The molecule has 2 aromatic heterocycles. The standard InChI is InChI=1S/C22H22N4O4S/c1-13-7-14-5-6-16(28-2)11-19(14)26-21(13)24-25-22(26)31-12-20(27)23-15-8-17(29-3)10-18(9-15)30-4/h5-11H,12H2,1-4H3,(H,23,27). The van der Waals surface area contributed by atoms with Crippen LogP contribution < -0.4 is 19.5 Å². The molecule has 0 saturated carbocycles. The smallest absolute Gasteiger partial charge is 0.234 e. The van der Waals surface area contributed by atoms with Crippen LogP contribution in [0.2, 0.25) is 0 Å². The van der Waals surface area contributed by atoms with Crippen LogP contribution in [0.5, 0.6) is 17.2 Å². The van der Waals surface area contributed by atoms with Crippen molar-refractivity contribution in [2.75, 3.05) is 32.4 Å². The molecule has 8 nitrogen and oxygen atoms in total. The van der Waals surface area contributed by atoms with Crippen LogP contribution in [0.15, 0.2) is 47.6 Å². The van der Waals surface area contributed by atoms with Crippen LogP contribution in [0, 0.1) is 6.92 Å². The van der Waals surface area contributed by atoms with Gasteiger partial charge in [-0.2, -0.15) is 0 Å². The number of thioether (sulfide) groups is 1. The number of carbonyl (C=O) groups excluding carboxylic acids is 1. The van der Waals surface area contributed by atoms with E-state index >= 15 is 0 Å². The SMILES string of the molecule is COc1cc(NC(=O)CSc2nnc3c(C)cc4ccc(OC)cc4n23)cc(OC)c1. The van der Waals surface area contributed by atoms with Gasteiger partial charge in [0.05, 0.1) is 32.6 Å². The molecule has 31 heavy (non-hydrogen) atoms. The second-order valence-electron chi connectivity index (χ2n) is 6.83. The number of pyridine rings is 1.